The van der Waals surface area contributed by atoms with Crippen LogP contribution in [0.15, 0.2) is 17.7 Å². The number of hydrogen-bond acceptors (Lipinski definition) is 7. The van der Waals surface area contributed by atoms with E-state index in [2.05, 4.69) is 10.1 Å². The SMILES string of the molecule is COC(=O)COc1c(Cl)cc(C=C2C(=O)NC(=S)N(C)C2=O)cc1OC. The van der Waals surface area contributed by atoms with Crippen molar-refractivity contribution in [3.05, 3.63) is 28.3 Å². The Balaban J connectivity index is 2.37. The van der Waals surface area contributed by atoms with Crippen LogP contribution in [0.2, 0.25) is 5.02 Å². The maximum Gasteiger partial charge on any atom is 0.343 e. The van der Waals surface area contributed by atoms with Crippen molar-refractivity contribution in [1.82, 2.24) is 10.2 Å². The maximum atomic E-state index is 12.2. The first-order chi connectivity index (χ1) is 12.3. The number of rotatable bonds is 5. The molecule has 0 bridgehead atoms. The normalized spacial score (nSPS) is 15.8. The second-order valence-corrected chi connectivity index (χ2v) is 5.87. The molecule has 2 rings (SSSR count). The monoisotopic (exact) mass is 398 g/mol. The van der Waals surface area contributed by atoms with E-state index < -0.39 is 17.8 Å². The number of ether oxygens (including phenoxy) is 3. The lowest BCUT2D eigenvalue weighted by atomic mass is 10.1. The van der Waals surface area contributed by atoms with Gasteiger partial charge in [-0.05, 0) is 36.0 Å². The molecule has 1 fully saturated rings. The molecule has 1 aliphatic heterocycles. The van der Waals surface area contributed by atoms with Crippen molar-refractivity contribution in [1.29, 1.82) is 0 Å². The summed E-state index contributed by atoms with van der Waals surface area (Å²) in [6.45, 7) is -0.351. The molecule has 8 nitrogen and oxygen atoms in total. The Bertz CT molecular complexity index is 823. The largest absolute Gasteiger partial charge is 0.493 e. The van der Waals surface area contributed by atoms with Gasteiger partial charge < -0.3 is 14.2 Å². The van der Waals surface area contributed by atoms with Crippen LogP contribution in [0, 0.1) is 0 Å². The first kappa shape index (κ1) is 19.7. The molecule has 26 heavy (non-hydrogen) atoms. The third-order valence-corrected chi connectivity index (χ3v) is 4.09. The highest BCUT2D eigenvalue weighted by atomic mass is 35.5. The van der Waals surface area contributed by atoms with E-state index in [0.717, 1.165) is 4.90 Å². The first-order valence-electron chi connectivity index (χ1n) is 7.20. The molecule has 1 aromatic rings. The summed E-state index contributed by atoms with van der Waals surface area (Å²) in [5.74, 6) is -1.38. The number of carbonyl (C=O) groups is 3. The smallest absolute Gasteiger partial charge is 0.343 e. The standard InChI is InChI=1S/C16H15ClN2O6S/c1-19-15(22)9(14(21)18-16(19)26)4-8-5-10(17)13(11(6-8)23-2)25-7-12(20)24-3/h4-6H,7H2,1-3H3,(H,18,21,26). The lowest BCUT2D eigenvalue weighted by Gasteiger charge is -2.25. The van der Waals surface area contributed by atoms with E-state index in [9.17, 15) is 14.4 Å². The molecule has 10 heteroatoms. The van der Waals surface area contributed by atoms with Crippen molar-refractivity contribution in [2.24, 2.45) is 0 Å². The summed E-state index contributed by atoms with van der Waals surface area (Å²) in [5, 5.41) is 2.57. The molecule has 1 aliphatic rings. The number of amides is 2. The van der Waals surface area contributed by atoms with Crippen LogP contribution >= 0.6 is 23.8 Å². The minimum atomic E-state index is -0.612. The fourth-order valence-electron chi connectivity index (χ4n) is 2.07. The molecule has 0 radical (unpaired) electrons. The van der Waals surface area contributed by atoms with Gasteiger partial charge in [-0.25, -0.2) is 4.79 Å². The summed E-state index contributed by atoms with van der Waals surface area (Å²) in [5.41, 5.74) is 0.319. The highest BCUT2D eigenvalue weighted by Gasteiger charge is 2.30. The summed E-state index contributed by atoms with van der Waals surface area (Å²) in [6.07, 6.45) is 1.36. The predicted octanol–water partition coefficient (Wildman–Crippen LogP) is 1.16. The third kappa shape index (κ3) is 4.12. The molecular weight excluding hydrogens is 384 g/mol. The van der Waals surface area contributed by atoms with Crippen molar-refractivity contribution in [3.63, 3.8) is 0 Å². The van der Waals surface area contributed by atoms with Crippen molar-refractivity contribution in [3.8, 4) is 11.5 Å². The van der Waals surface area contributed by atoms with Crippen LogP contribution in [0.25, 0.3) is 6.08 Å². The van der Waals surface area contributed by atoms with Crippen LogP contribution in [0.1, 0.15) is 5.56 Å². The highest BCUT2D eigenvalue weighted by molar-refractivity contribution is 7.80. The third-order valence-electron chi connectivity index (χ3n) is 3.43. The van der Waals surface area contributed by atoms with Gasteiger partial charge in [0.15, 0.2) is 23.2 Å². The van der Waals surface area contributed by atoms with E-state index in [1.54, 1.807) is 0 Å². The predicted molar refractivity (Wildman–Crippen MR) is 97.0 cm³/mol. The first-order valence-corrected chi connectivity index (χ1v) is 7.99. The molecule has 0 atom stereocenters. The lowest BCUT2D eigenvalue weighted by Crippen LogP contribution is -2.52. The van der Waals surface area contributed by atoms with E-state index in [-0.39, 0.29) is 33.8 Å². The number of halogens is 1. The number of nitrogens with zero attached hydrogens (tertiary/aromatic N) is 1. The average Bonchev–Trinajstić information content (AvgIpc) is 2.61. The minimum absolute atomic E-state index is 0.0271. The lowest BCUT2D eigenvalue weighted by molar-refractivity contribution is -0.143. The summed E-state index contributed by atoms with van der Waals surface area (Å²) in [4.78, 5) is 36.6. The number of methoxy groups -OCH3 is 2. The van der Waals surface area contributed by atoms with Gasteiger partial charge in [-0.2, -0.15) is 0 Å². The summed E-state index contributed by atoms with van der Waals surface area (Å²) in [7, 11) is 4.07. The van der Waals surface area contributed by atoms with Crippen LogP contribution in [0.4, 0.5) is 0 Å². The molecule has 1 aromatic carbocycles. The zero-order valence-corrected chi connectivity index (χ0v) is 15.7. The van der Waals surface area contributed by atoms with Crippen LogP contribution < -0.4 is 14.8 Å². The number of likely N-dealkylation sites (N-methyl/N-ethyl adjacent to an activating group) is 1. The van der Waals surface area contributed by atoms with Gasteiger partial charge in [-0.1, -0.05) is 11.6 Å². The van der Waals surface area contributed by atoms with E-state index >= 15 is 0 Å². The summed E-state index contributed by atoms with van der Waals surface area (Å²) in [6, 6.07) is 2.98. The maximum absolute atomic E-state index is 12.2. The summed E-state index contributed by atoms with van der Waals surface area (Å²) >= 11 is 11.1. The Morgan fingerprint density at radius 1 is 1.35 bits per heavy atom. The van der Waals surface area contributed by atoms with Gasteiger partial charge in [0.05, 0.1) is 19.2 Å². The second kappa shape index (κ2) is 8.15. The van der Waals surface area contributed by atoms with Crippen molar-refractivity contribution < 1.29 is 28.6 Å². The molecule has 0 saturated carbocycles. The second-order valence-electron chi connectivity index (χ2n) is 5.08. The van der Waals surface area contributed by atoms with Gasteiger partial charge in [0, 0.05) is 7.05 Å². The fraction of sp³-hybridized carbons (Fsp3) is 0.250. The number of carbonyl (C=O) groups excluding carboxylic acids is 3. The molecular formula is C16H15ClN2O6S. The molecule has 1 heterocycles. The van der Waals surface area contributed by atoms with Crippen molar-refractivity contribution in [2.45, 2.75) is 0 Å². The zero-order chi connectivity index (χ0) is 19.4. The number of esters is 1. The topological polar surface area (TPSA) is 94.2 Å². The van der Waals surface area contributed by atoms with Crippen molar-refractivity contribution >= 4 is 52.8 Å². The molecule has 0 unspecified atom stereocenters. The van der Waals surface area contributed by atoms with Gasteiger partial charge in [0.2, 0.25) is 0 Å². The Hall–Kier alpha value is -2.65. The Kier molecular flexibility index (Phi) is 6.17. The number of thiocarbonyl (C=S) groups is 1. The van der Waals surface area contributed by atoms with Crippen LogP contribution in [0.5, 0.6) is 11.5 Å². The van der Waals surface area contributed by atoms with Crippen LogP contribution in [-0.2, 0) is 19.1 Å². The Morgan fingerprint density at radius 3 is 2.65 bits per heavy atom. The number of nitrogens with one attached hydrogen (secondary N) is 1. The quantitative estimate of drug-likeness (QED) is 0.344. The molecule has 0 aromatic heterocycles. The number of hydrogen-bond donors (Lipinski definition) is 1. The molecule has 1 saturated heterocycles. The Morgan fingerprint density at radius 2 is 2.04 bits per heavy atom. The van der Waals surface area contributed by atoms with Crippen LogP contribution in [0.3, 0.4) is 0 Å². The molecule has 2 amide bonds. The van der Waals surface area contributed by atoms with Gasteiger partial charge in [-0.15, -0.1) is 0 Å². The van der Waals surface area contributed by atoms with Gasteiger partial charge in [-0.3, -0.25) is 19.8 Å². The highest BCUT2D eigenvalue weighted by Crippen LogP contribution is 2.37. The van der Waals surface area contributed by atoms with Crippen LogP contribution in [-0.4, -0.2) is 55.7 Å². The minimum Gasteiger partial charge on any atom is -0.493 e. The van der Waals surface area contributed by atoms with E-state index in [1.807, 2.05) is 0 Å². The molecule has 0 aliphatic carbocycles. The van der Waals surface area contributed by atoms with Crippen molar-refractivity contribution in [2.75, 3.05) is 27.9 Å². The van der Waals surface area contributed by atoms with Gasteiger partial charge in [0.25, 0.3) is 11.8 Å². The summed E-state index contributed by atoms with van der Waals surface area (Å²) < 4.78 is 15.0. The fourth-order valence-corrected chi connectivity index (χ4v) is 2.51. The molecule has 138 valence electrons. The van der Waals surface area contributed by atoms with Gasteiger partial charge >= 0.3 is 5.97 Å². The average molecular weight is 399 g/mol. The van der Waals surface area contributed by atoms with E-state index in [0.29, 0.717) is 5.56 Å². The van der Waals surface area contributed by atoms with E-state index in [1.165, 1.54) is 39.5 Å². The molecule has 1 N–H and O–H groups in total. The number of benzene rings is 1. The zero-order valence-electron chi connectivity index (χ0n) is 14.1. The molecule has 0 spiro atoms. The van der Waals surface area contributed by atoms with E-state index in [4.69, 9.17) is 33.3 Å². The van der Waals surface area contributed by atoms with Gasteiger partial charge in [0.1, 0.15) is 5.57 Å². The Labute approximate surface area is 159 Å².